The van der Waals surface area contributed by atoms with Crippen molar-refractivity contribution in [2.75, 3.05) is 26.7 Å². The van der Waals surface area contributed by atoms with Crippen LogP contribution in [-0.2, 0) is 9.53 Å². The first kappa shape index (κ1) is 16.4. The highest BCUT2D eigenvalue weighted by Gasteiger charge is 2.53. The molecule has 0 radical (unpaired) electrons. The molecule has 0 aromatic heterocycles. The largest absolute Gasteiger partial charge is 0.480 e. The van der Waals surface area contributed by atoms with E-state index in [0.717, 1.165) is 17.6 Å². The van der Waals surface area contributed by atoms with Crippen molar-refractivity contribution in [3.05, 3.63) is 34.3 Å². The van der Waals surface area contributed by atoms with Crippen LogP contribution in [-0.4, -0.2) is 65.3 Å². The number of amides is 1. The number of benzene rings is 1. The summed E-state index contributed by atoms with van der Waals surface area (Å²) in [6.07, 6.45) is 1.24. The average Bonchev–Trinajstić information content (AvgIpc) is 2.89. The summed E-state index contributed by atoms with van der Waals surface area (Å²) in [5.41, 5.74) is -0.343. The van der Waals surface area contributed by atoms with Crippen LogP contribution in [0, 0.1) is 0 Å². The third kappa shape index (κ3) is 3.00. The number of halogens is 1. The topological polar surface area (TPSA) is 70.1 Å². The number of carboxylic acids is 1. The van der Waals surface area contributed by atoms with E-state index in [0.29, 0.717) is 18.4 Å². The Balaban J connectivity index is 1.96. The van der Waals surface area contributed by atoms with Gasteiger partial charge in [0.05, 0.1) is 6.61 Å². The molecule has 2 heterocycles. The van der Waals surface area contributed by atoms with Crippen LogP contribution in [0.4, 0.5) is 0 Å². The molecule has 1 amide bonds. The fourth-order valence-corrected chi connectivity index (χ4v) is 3.68. The first-order valence-corrected chi connectivity index (χ1v) is 8.37. The van der Waals surface area contributed by atoms with Crippen molar-refractivity contribution in [1.82, 2.24) is 9.80 Å². The van der Waals surface area contributed by atoms with Crippen LogP contribution in [0.15, 0.2) is 28.7 Å². The molecule has 2 aliphatic heterocycles. The minimum Gasteiger partial charge on any atom is -0.480 e. The van der Waals surface area contributed by atoms with E-state index in [1.807, 2.05) is 13.1 Å². The van der Waals surface area contributed by atoms with Gasteiger partial charge in [-0.1, -0.05) is 22.0 Å². The smallest absolute Gasteiger partial charge is 0.328 e. The van der Waals surface area contributed by atoms with E-state index in [2.05, 4.69) is 20.8 Å². The fraction of sp³-hybridized carbons (Fsp3) is 0.500. The van der Waals surface area contributed by atoms with Crippen LogP contribution in [0.5, 0.6) is 0 Å². The highest BCUT2D eigenvalue weighted by molar-refractivity contribution is 9.10. The standard InChI is InChI=1S/C16H19BrN2O4/c1-18-7-5-16(6-8-18)19(13(10-23-16)15(21)22)14(20)11-3-2-4-12(17)9-11/h2-4,9,13H,5-8,10H2,1H3,(H,21,22)/t13-/m0/s1. The Kier molecular flexibility index (Phi) is 4.44. The molecule has 2 saturated heterocycles. The molecule has 2 fully saturated rings. The third-order valence-corrected chi connectivity index (χ3v) is 5.10. The highest BCUT2D eigenvalue weighted by Crippen LogP contribution is 2.38. The summed E-state index contributed by atoms with van der Waals surface area (Å²) >= 11 is 3.35. The number of nitrogens with zero attached hydrogens (tertiary/aromatic N) is 2. The van der Waals surface area contributed by atoms with Crippen molar-refractivity contribution >= 4 is 27.8 Å². The second kappa shape index (κ2) is 6.22. The molecular weight excluding hydrogens is 364 g/mol. The van der Waals surface area contributed by atoms with E-state index in [9.17, 15) is 14.7 Å². The summed E-state index contributed by atoms with van der Waals surface area (Å²) < 4.78 is 6.66. The predicted molar refractivity (Wildman–Crippen MR) is 87.1 cm³/mol. The van der Waals surface area contributed by atoms with E-state index in [-0.39, 0.29) is 12.5 Å². The van der Waals surface area contributed by atoms with Crippen LogP contribution in [0.1, 0.15) is 23.2 Å². The van der Waals surface area contributed by atoms with Gasteiger partial charge in [0.25, 0.3) is 5.91 Å². The van der Waals surface area contributed by atoms with E-state index < -0.39 is 17.7 Å². The van der Waals surface area contributed by atoms with Crippen molar-refractivity contribution in [3.63, 3.8) is 0 Å². The minimum atomic E-state index is -1.02. The van der Waals surface area contributed by atoms with Gasteiger partial charge in [0.2, 0.25) is 0 Å². The third-order valence-electron chi connectivity index (χ3n) is 4.60. The highest BCUT2D eigenvalue weighted by atomic mass is 79.9. The minimum absolute atomic E-state index is 0.0405. The monoisotopic (exact) mass is 382 g/mol. The van der Waals surface area contributed by atoms with Crippen LogP contribution >= 0.6 is 15.9 Å². The Labute approximate surface area is 143 Å². The van der Waals surface area contributed by atoms with Gasteiger partial charge in [0.15, 0.2) is 6.04 Å². The van der Waals surface area contributed by atoms with E-state index in [4.69, 9.17) is 4.74 Å². The zero-order valence-electron chi connectivity index (χ0n) is 12.9. The normalized spacial score (nSPS) is 24.1. The van der Waals surface area contributed by atoms with Gasteiger partial charge < -0.3 is 14.7 Å². The Morgan fingerprint density at radius 2 is 2.04 bits per heavy atom. The Morgan fingerprint density at radius 1 is 1.35 bits per heavy atom. The molecule has 2 aliphatic rings. The summed E-state index contributed by atoms with van der Waals surface area (Å²) in [7, 11) is 2.01. The molecule has 0 unspecified atom stereocenters. The van der Waals surface area contributed by atoms with Crippen molar-refractivity contribution in [1.29, 1.82) is 0 Å². The van der Waals surface area contributed by atoms with Gasteiger partial charge in [-0.2, -0.15) is 0 Å². The molecule has 0 aliphatic carbocycles. The molecule has 7 heteroatoms. The Bertz CT molecular complexity index is 628. The molecule has 0 saturated carbocycles. The number of piperidine rings is 1. The lowest BCUT2D eigenvalue weighted by atomic mass is 9.97. The fourth-order valence-electron chi connectivity index (χ4n) is 3.28. The number of carboxylic acid groups (broad SMARTS) is 1. The van der Waals surface area contributed by atoms with Gasteiger partial charge in [-0.25, -0.2) is 4.79 Å². The maximum atomic E-state index is 13.0. The summed E-state index contributed by atoms with van der Waals surface area (Å²) in [5.74, 6) is -1.31. The quantitative estimate of drug-likeness (QED) is 0.844. The molecular formula is C16H19BrN2O4. The first-order valence-electron chi connectivity index (χ1n) is 7.57. The maximum absolute atomic E-state index is 13.0. The summed E-state index contributed by atoms with van der Waals surface area (Å²) in [6, 6.07) is 6.07. The van der Waals surface area contributed by atoms with Crippen molar-refractivity contribution in [2.24, 2.45) is 0 Å². The van der Waals surface area contributed by atoms with Gasteiger partial charge in [0, 0.05) is 36.0 Å². The number of carbonyl (C=O) groups is 2. The van der Waals surface area contributed by atoms with Crippen molar-refractivity contribution in [2.45, 2.75) is 24.6 Å². The number of ether oxygens (including phenoxy) is 1. The predicted octanol–water partition coefficient (Wildman–Crippen LogP) is 1.80. The van der Waals surface area contributed by atoms with Gasteiger partial charge in [-0.15, -0.1) is 0 Å². The average molecular weight is 383 g/mol. The summed E-state index contributed by atoms with van der Waals surface area (Å²) in [4.78, 5) is 28.2. The summed E-state index contributed by atoms with van der Waals surface area (Å²) in [6.45, 7) is 1.59. The van der Waals surface area contributed by atoms with Crippen molar-refractivity contribution in [3.8, 4) is 0 Å². The van der Waals surface area contributed by atoms with Crippen LogP contribution in [0.3, 0.4) is 0 Å². The number of aliphatic carboxylic acids is 1. The number of hydrogen-bond acceptors (Lipinski definition) is 4. The van der Waals surface area contributed by atoms with Crippen LogP contribution in [0.2, 0.25) is 0 Å². The lowest BCUT2D eigenvalue weighted by molar-refractivity contribution is -0.143. The van der Waals surface area contributed by atoms with E-state index in [1.165, 1.54) is 4.90 Å². The molecule has 1 aromatic rings. The molecule has 1 atom stereocenters. The van der Waals surface area contributed by atoms with E-state index >= 15 is 0 Å². The molecule has 124 valence electrons. The van der Waals surface area contributed by atoms with Crippen LogP contribution < -0.4 is 0 Å². The molecule has 0 bridgehead atoms. The molecule has 3 rings (SSSR count). The lowest BCUT2D eigenvalue weighted by Crippen LogP contribution is -2.57. The number of carbonyl (C=O) groups excluding carboxylic acids is 1. The van der Waals surface area contributed by atoms with Crippen LogP contribution in [0.25, 0.3) is 0 Å². The molecule has 6 nitrogen and oxygen atoms in total. The van der Waals surface area contributed by atoms with Crippen molar-refractivity contribution < 1.29 is 19.4 Å². The zero-order valence-corrected chi connectivity index (χ0v) is 14.5. The molecule has 1 spiro atoms. The van der Waals surface area contributed by atoms with Gasteiger partial charge in [-0.3, -0.25) is 9.69 Å². The van der Waals surface area contributed by atoms with E-state index in [1.54, 1.807) is 18.2 Å². The second-order valence-electron chi connectivity index (χ2n) is 6.10. The number of rotatable bonds is 2. The zero-order chi connectivity index (χ0) is 16.6. The number of hydrogen-bond donors (Lipinski definition) is 1. The first-order chi connectivity index (χ1) is 10.9. The Morgan fingerprint density at radius 3 is 2.65 bits per heavy atom. The molecule has 23 heavy (non-hydrogen) atoms. The molecule has 1 aromatic carbocycles. The second-order valence-corrected chi connectivity index (χ2v) is 7.02. The SMILES string of the molecule is CN1CCC2(CC1)OC[C@@H](C(=O)O)N2C(=O)c1cccc(Br)c1. The van der Waals surface area contributed by atoms with Gasteiger partial charge in [-0.05, 0) is 25.2 Å². The summed E-state index contributed by atoms with van der Waals surface area (Å²) in [5, 5.41) is 9.51. The Hall–Kier alpha value is -1.44. The maximum Gasteiger partial charge on any atom is 0.328 e. The number of likely N-dealkylation sites (tertiary alicyclic amines) is 1. The van der Waals surface area contributed by atoms with Gasteiger partial charge >= 0.3 is 5.97 Å². The van der Waals surface area contributed by atoms with Gasteiger partial charge in [0.1, 0.15) is 5.72 Å². The molecule has 1 N–H and O–H groups in total. The lowest BCUT2D eigenvalue weighted by Gasteiger charge is -2.43.